The van der Waals surface area contributed by atoms with Crippen LogP contribution < -0.4 is 10.5 Å². The van der Waals surface area contributed by atoms with Crippen LogP contribution in [0.3, 0.4) is 0 Å². The van der Waals surface area contributed by atoms with Crippen LogP contribution in [0.25, 0.3) is 6.08 Å². The lowest BCUT2D eigenvalue weighted by molar-refractivity contribution is -0.131. The molecule has 0 bridgehead atoms. The van der Waals surface area contributed by atoms with E-state index >= 15 is 0 Å². The summed E-state index contributed by atoms with van der Waals surface area (Å²) in [7, 11) is 0. The minimum Gasteiger partial charge on any atom is -0.491 e. The minimum absolute atomic E-state index is 0.108. The molecule has 6 heteroatoms. The van der Waals surface area contributed by atoms with Crippen molar-refractivity contribution >= 4 is 29.6 Å². The van der Waals surface area contributed by atoms with Gasteiger partial charge in [-0.25, -0.2) is 4.79 Å². The van der Waals surface area contributed by atoms with Crippen LogP contribution in [-0.2, 0) is 9.59 Å². The highest BCUT2D eigenvalue weighted by Crippen LogP contribution is 2.26. The van der Waals surface area contributed by atoms with Gasteiger partial charge in [-0.15, -0.1) is 0 Å². The largest absolute Gasteiger partial charge is 0.491 e. The Morgan fingerprint density at radius 3 is 2.72 bits per heavy atom. The number of ether oxygens (including phenoxy) is 1. The number of aliphatic carboxylic acids is 1. The van der Waals surface area contributed by atoms with E-state index in [2.05, 4.69) is 0 Å². The third-order valence-electron chi connectivity index (χ3n) is 1.98. The average Bonchev–Trinajstić information content (AvgIpc) is 2.28. The average molecular weight is 270 g/mol. The first kappa shape index (κ1) is 14.1. The Morgan fingerprint density at radius 1 is 1.44 bits per heavy atom. The Bertz CT molecular complexity index is 485. The number of rotatable bonds is 6. The van der Waals surface area contributed by atoms with E-state index in [1.165, 1.54) is 6.08 Å². The van der Waals surface area contributed by atoms with Gasteiger partial charge in [0.2, 0.25) is 5.91 Å². The van der Waals surface area contributed by atoms with Gasteiger partial charge in [0.15, 0.2) is 0 Å². The van der Waals surface area contributed by atoms with Gasteiger partial charge in [0.1, 0.15) is 5.75 Å². The molecule has 0 fully saturated rings. The number of hydrogen-bond donors (Lipinski definition) is 2. The van der Waals surface area contributed by atoms with Crippen molar-refractivity contribution in [1.29, 1.82) is 0 Å². The number of nitrogens with two attached hydrogens (primary N) is 1. The lowest BCUT2D eigenvalue weighted by atomic mass is 10.2. The third-order valence-corrected chi connectivity index (χ3v) is 2.28. The summed E-state index contributed by atoms with van der Waals surface area (Å²) >= 11 is 5.94. The van der Waals surface area contributed by atoms with Gasteiger partial charge in [0, 0.05) is 6.08 Å². The fraction of sp³-hybridized carbons (Fsp3) is 0.167. The number of primary amides is 1. The number of benzene rings is 1. The van der Waals surface area contributed by atoms with Gasteiger partial charge in [-0.3, -0.25) is 4.79 Å². The molecule has 1 aromatic carbocycles. The molecule has 18 heavy (non-hydrogen) atoms. The molecule has 0 aliphatic carbocycles. The Kier molecular flexibility index (Phi) is 5.20. The molecule has 0 aromatic heterocycles. The van der Waals surface area contributed by atoms with E-state index < -0.39 is 11.9 Å². The van der Waals surface area contributed by atoms with Gasteiger partial charge < -0.3 is 15.6 Å². The quantitative estimate of drug-likeness (QED) is 0.769. The molecule has 0 radical (unpaired) electrons. The molecule has 5 nitrogen and oxygen atoms in total. The maximum absolute atomic E-state index is 10.5. The highest BCUT2D eigenvalue weighted by atomic mass is 35.5. The Hall–Kier alpha value is -2.01. The Morgan fingerprint density at radius 2 is 2.17 bits per heavy atom. The summed E-state index contributed by atoms with van der Waals surface area (Å²) in [6.07, 6.45) is 2.54. The van der Waals surface area contributed by atoms with Crippen molar-refractivity contribution in [2.75, 3.05) is 6.61 Å². The molecule has 0 aliphatic rings. The van der Waals surface area contributed by atoms with Crippen molar-refractivity contribution in [3.05, 3.63) is 34.9 Å². The van der Waals surface area contributed by atoms with Crippen molar-refractivity contribution in [3.63, 3.8) is 0 Å². The molecule has 0 spiro atoms. The summed E-state index contributed by atoms with van der Waals surface area (Å²) in [5, 5.41) is 8.82. The number of carbonyl (C=O) groups excluding carboxylic acids is 1. The second kappa shape index (κ2) is 6.66. The molecule has 0 unspecified atom stereocenters. The normalized spacial score (nSPS) is 10.5. The van der Waals surface area contributed by atoms with Crippen molar-refractivity contribution in [1.82, 2.24) is 0 Å². The highest BCUT2D eigenvalue weighted by Gasteiger charge is 2.03. The zero-order chi connectivity index (χ0) is 13.5. The maximum atomic E-state index is 10.5. The lowest BCUT2D eigenvalue weighted by Crippen LogP contribution is -2.14. The van der Waals surface area contributed by atoms with Crippen LogP contribution in [0.15, 0.2) is 24.3 Å². The molecule has 96 valence electrons. The molecular formula is C12H12ClNO4. The number of amides is 1. The summed E-state index contributed by atoms with van der Waals surface area (Å²) in [5.41, 5.74) is 5.61. The molecular weight excluding hydrogens is 258 g/mol. The van der Waals surface area contributed by atoms with Gasteiger partial charge in [0.25, 0.3) is 0 Å². The van der Waals surface area contributed by atoms with Crippen LogP contribution in [0.2, 0.25) is 5.02 Å². The van der Waals surface area contributed by atoms with E-state index in [0.717, 1.165) is 6.08 Å². The molecule has 1 aromatic rings. The Labute approximate surface area is 109 Å². The smallest absolute Gasteiger partial charge is 0.328 e. The molecule has 0 aliphatic heterocycles. The summed E-state index contributed by atoms with van der Waals surface area (Å²) in [4.78, 5) is 20.9. The van der Waals surface area contributed by atoms with E-state index in [-0.39, 0.29) is 13.0 Å². The van der Waals surface area contributed by atoms with Crippen LogP contribution in [0.5, 0.6) is 5.75 Å². The molecule has 0 saturated heterocycles. The number of hydrogen-bond acceptors (Lipinski definition) is 3. The summed E-state index contributed by atoms with van der Waals surface area (Å²) in [6.45, 7) is 0.152. The third kappa shape index (κ3) is 4.88. The molecule has 0 heterocycles. The van der Waals surface area contributed by atoms with Crippen LogP contribution in [0.1, 0.15) is 12.0 Å². The van der Waals surface area contributed by atoms with Gasteiger partial charge in [-0.05, 0) is 23.8 Å². The number of carboxylic acid groups (broad SMARTS) is 1. The van der Waals surface area contributed by atoms with Crippen LogP contribution in [-0.4, -0.2) is 23.6 Å². The monoisotopic (exact) mass is 269 g/mol. The molecule has 0 saturated carbocycles. The summed E-state index contributed by atoms with van der Waals surface area (Å²) in [5.74, 6) is -1.06. The van der Waals surface area contributed by atoms with Gasteiger partial charge in [-0.1, -0.05) is 17.7 Å². The van der Waals surface area contributed by atoms with E-state index in [1.807, 2.05) is 0 Å². The lowest BCUT2D eigenvalue weighted by Gasteiger charge is -2.07. The SMILES string of the molecule is NC(=O)CCOc1ccc(/C=C/C(=O)O)cc1Cl. The first-order valence-electron chi connectivity index (χ1n) is 5.10. The van der Waals surface area contributed by atoms with Gasteiger partial charge in [0.05, 0.1) is 18.1 Å². The fourth-order valence-corrected chi connectivity index (χ4v) is 1.41. The van der Waals surface area contributed by atoms with Crippen molar-refractivity contribution in [3.8, 4) is 5.75 Å². The number of halogens is 1. The zero-order valence-corrected chi connectivity index (χ0v) is 10.2. The van der Waals surface area contributed by atoms with Crippen LogP contribution in [0.4, 0.5) is 0 Å². The second-order valence-corrected chi connectivity index (χ2v) is 3.83. The fourth-order valence-electron chi connectivity index (χ4n) is 1.17. The van der Waals surface area contributed by atoms with Crippen molar-refractivity contribution < 1.29 is 19.4 Å². The topological polar surface area (TPSA) is 89.6 Å². The van der Waals surface area contributed by atoms with Gasteiger partial charge in [-0.2, -0.15) is 0 Å². The number of carbonyl (C=O) groups is 2. The summed E-state index contributed by atoms with van der Waals surface area (Å²) < 4.78 is 5.25. The predicted molar refractivity (Wildman–Crippen MR) is 67.4 cm³/mol. The van der Waals surface area contributed by atoms with E-state index in [4.69, 9.17) is 27.2 Å². The molecule has 3 N–H and O–H groups in total. The van der Waals surface area contributed by atoms with E-state index in [0.29, 0.717) is 16.3 Å². The zero-order valence-electron chi connectivity index (χ0n) is 9.43. The highest BCUT2D eigenvalue weighted by molar-refractivity contribution is 6.32. The van der Waals surface area contributed by atoms with E-state index in [9.17, 15) is 9.59 Å². The van der Waals surface area contributed by atoms with E-state index in [1.54, 1.807) is 18.2 Å². The van der Waals surface area contributed by atoms with Crippen molar-refractivity contribution in [2.45, 2.75) is 6.42 Å². The second-order valence-electron chi connectivity index (χ2n) is 3.43. The van der Waals surface area contributed by atoms with Crippen LogP contribution in [0, 0.1) is 0 Å². The predicted octanol–water partition coefficient (Wildman–Crippen LogP) is 1.69. The summed E-state index contributed by atoms with van der Waals surface area (Å²) in [6, 6.07) is 4.83. The molecule has 0 atom stereocenters. The maximum Gasteiger partial charge on any atom is 0.328 e. The standard InChI is InChI=1S/C12H12ClNO4/c13-9-7-8(2-4-12(16)17)1-3-10(9)18-6-5-11(14)15/h1-4,7H,5-6H2,(H2,14,15)(H,16,17)/b4-2+. The van der Waals surface area contributed by atoms with Crippen molar-refractivity contribution in [2.24, 2.45) is 5.73 Å². The first-order valence-corrected chi connectivity index (χ1v) is 5.48. The Balaban J connectivity index is 2.67. The minimum atomic E-state index is -1.03. The first-order chi connectivity index (χ1) is 8.49. The molecule has 1 amide bonds. The van der Waals surface area contributed by atoms with Crippen LogP contribution >= 0.6 is 11.6 Å². The van der Waals surface area contributed by atoms with Gasteiger partial charge >= 0.3 is 5.97 Å². The number of carboxylic acids is 1. The molecule has 1 rings (SSSR count).